The third-order valence-electron chi connectivity index (χ3n) is 4.24. The molecule has 4 nitrogen and oxygen atoms in total. The fourth-order valence-corrected chi connectivity index (χ4v) is 2.81. The first-order valence-corrected chi connectivity index (χ1v) is 7.73. The molecule has 1 aromatic rings. The van der Waals surface area contributed by atoms with E-state index in [0.29, 0.717) is 11.6 Å². The first-order valence-electron chi connectivity index (χ1n) is 7.73. The van der Waals surface area contributed by atoms with Crippen molar-refractivity contribution in [2.45, 2.75) is 51.5 Å². The summed E-state index contributed by atoms with van der Waals surface area (Å²) in [6.45, 7) is 1.54. The second-order valence-corrected chi connectivity index (χ2v) is 5.82. The summed E-state index contributed by atoms with van der Waals surface area (Å²) in [6, 6.07) is 7.29. The number of amides is 2. The number of anilines is 1. The molecule has 1 saturated carbocycles. The van der Waals surface area contributed by atoms with Crippen LogP contribution in [0.3, 0.4) is 0 Å². The van der Waals surface area contributed by atoms with Gasteiger partial charge in [0.2, 0.25) is 0 Å². The van der Waals surface area contributed by atoms with E-state index in [2.05, 4.69) is 5.32 Å². The van der Waals surface area contributed by atoms with E-state index in [1.54, 1.807) is 24.3 Å². The van der Waals surface area contributed by atoms with Crippen molar-refractivity contribution >= 4 is 17.5 Å². The van der Waals surface area contributed by atoms with Gasteiger partial charge in [-0.15, -0.1) is 0 Å². The predicted octanol–water partition coefficient (Wildman–Crippen LogP) is 4.08. The fraction of sp³-hybridized carbons (Fsp3) is 0.529. The highest BCUT2D eigenvalue weighted by molar-refractivity contribution is 5.95. The Morgan fingerprint density at radius 1 is 1.05 bits per heavy atom. The summed E-state index contributed by atoms with van der Waals surface area (Å²) in [4.78, 5) is 25.3. The van der Waals surface area contributed by atoms with E-state index < -0.39 is 0 Å². The molecule has 1 N–H and O–H groups in total. The molecular formula is C17H24N2O2. The summed E-state index contributed by atoms with van der Waals surface area (Å²) < 4.78 is 0. The fourth-order valence-electron chi connectivity index (χ4n) is 2.81. The molecule has 0 radical (unpaired) electrons. The van der Waals surface area contributed by atoms with E-state index in [9.17, 15) is 9.59 Å². The molecule has 1 aliphatic carbocycles. The lowest BCUT2D eigenvalue weighted by Crippen LogP contribution is -2.39. The molecule has 0 unspecified atom stereocenters. The summed E-state index contributed by atoms with van der Waals surface area (Å²) in [5.74, 6) is 0.0310. The van der Waals surface area contributed by atoms with Crippen LogP contribution in [0.2, 0.25) is 0 Å². The van der Waals surface area contributed by atoms with E-state index in [0.717, 1.165) is 18.5 Å². The van der Waals surface area contributed by atoms with Crippen LogP contribution in [0.1, 0.15) is 55.8 Å². The highest BCUT2D eigenvalue weighted by Gasteiger charge is 2.21. The van der Waals surface area contributed by atoms with Crippen LogP contribution in [0.5, 0.6) is 0 Å². The van der Waals surface area contributed by atoms with Crippen LogP contribution >= 0.6 is 0 Å². The van der Waals surface area contributed by atoms with Gasteiger partial charge in [-0.25, -0.2) is 4.79 Å². The molecule has 1 aliphatic rings. The van der Waals surface area contributed by atoms with Crippen molar-refractivity contribution < 1.29 is 9.59 Å². The first-order chi connectivity index (χ1) is 10.1. The Bertz CT molecular complexity index is 488. The van der Waals surface area contributed by atoms with Gasteiger partial charge in [-0.05, 0) is 44.0 Å². The van der Waals surface area contributed by atoms with Crippen molar-refractivity contribution in [1.29, 1.82) is 0 Å². The van der Waals surface area contributed by atoms with Crippen LogP contribution in [-0.4, -0.2) is 29.8 Å². The van der Waals surface area contributed by atoms with Crippen molar-refractivity contribution in [2.75, 3.05) is 12.4 Å². The second kappa shape index (κ2) is 7.25. The number of ketones is 1. The van der Waals surface area contributed by atoms with Gasteiger partial charge in [0.15, 0.2) is 5.78 Å². The van der Waals surface area contributed by atoms with Crippen LogP contribution in [0.25, 0.3) is 0 Å². The number of urea groups is 1. The monoisotopic (exact) mass is 288 g/mol. The highest BCUT2D eigenvalue weighted by Crippen LogP contribution is 2.21. The predicted molar refractivity (Wildman–Crippen MR) is 84.7 cm³/mol. The Balaban J connectivity index is 1.94. The minimum atomic E-state index is -0.0718. The minimum Gasteiger partial charge on any atom is -0.325 e. The number of hydrogen-bond acceptors (Lipinski definition) is 2. The number of hydrogen-bond donors (Lipinski definition) is 1. The number of nitrogens with zero attached hydrogens (tertiary/aromatic N) is 1. The third kappa shape index (κ3) is 4.31. The van der Waals surface area contributed by atoms with Gasteiger partial charge in [0.25, 0.3) is 0 Å². The number of rotatable bonds is 3. The smallest absolute Gasteiger partial charge is 0.321 e. The van der Waals surface area contributed by atoms with Crippen molar-refractivity contribution in [3.63, 3.8) is 0 Å². The SMILES string of the molecule is CC(=O)c1ccc(NC(=O)N(C)C2CCCCCC2)cc1. The Labute approximate surface area is 126 Å². The molecule has 0 spiro atoms. The molecule has 1 aromatic carbocycles. The average molecular weight is 288 g/mol. The van der Waals surface area contributed by atoms with Crippen LogP contribution < -0.4 is 5.32 Å². The Hall–Kier alpha value is -1.84. The molecule has 0 bridgehead atoms. The lowest BCUT2D eigenvalue weighted by Gasteiger charge is -2.27. The molecule has 0 heterocycles. The van der Waals surface area contributed by atoms with Gasteiger partial charge in [0.1, 0.15) is 0 Å². The summed E-state index contributed by atoms with van der Waals surface area (Å²) in [5, 5.41) is 2.90. The zero-order valence-electron chi connectivity index (χ0n) is 12.9. The largest absolute Gasteiger partial charge is 0.325 e. The van der Waals surface area contributed by atoms with Gasteiger partial charge in [-0.2, -0.15) is 0 Å². The Kier molecular flexibility index (Phi) is 5.37. The quantitative estimate of drug-likeness (QED) is 0.673. The van der Waals surface area contributed by atoms with Crippen LogP contribution in [0.4, 0.5) is 10.5 Å². The molecule has 114 valence electrons. The van der Waals surface area contributed by atoms with Crippen LogP contribution in [0.15, 0.2) is 24.3 Å². The lowest BCUT2D eigenvalue weighted by atomic mass is 10.1. The molecule has 21 heavy (non-hydrogen) atoms. The van der Waals surface area contributed by atoms with Crippen molar-refractivity contribution in [1.82, 2.24) is 4.90 Å². The number of nitrogens with one attached hydrogen (secondary N) is 1. The zero-order valence-corrected chi connectivity index (χ0v) is 12.9. The Morgan fingerprint density at radius 2 is 1.62 bits per heavy atom. The number of carbonyl (C=O) groups is 2. The van der Waals surface area contributed by atoms with Gasteiger partial charge in [0, 0.05) is 24.3 Å². The second-order valence-electron chi connectivity index (χ2n) is 5.82. The maximum absolute atomic E-state index is 12.3. The Morgan fingerprint density at radius 3 is 2.14 bits per heavy atom. The molecule has 0 atom stereocenters. The number of benzene rings is 1. The summed E-state index contributed by atoms with van der Waals surface area (Å²) in [7, 11) is 1.87. The maximum atomic E-state index is 12.3. The van der Waals surface area contributed by atoms with E-state index in [4.69, 9.17) is 0 Å². The third-order valence-corrected chi connectivity index (χ3v) is 4.24. The van der Waals surface area contributed by atoms with Crippen molar-refractivity contribution in [3.8, 4) is 0 Å². The summed E-state index contributed by atoms with van der Waals surface area (Å²) >= 11 is 0. The number of carbonyl (C=O) groups excluding carboxylic acids is 2. The molecule has 0 aliphatic heterocycles. The van der Waals surface area contributed by atoms with Gasteiger partial charge in [0.05, 0.1) is 0 Å². The maximum Gasteiger partial charge on any atom is 0.321 e. The van der Waals surface area contributed by atoms with Crippen LogP contribution in [0, 0.1) is 0 Å². The zero-order chi connectivity index (χ0) is 15.2. The van der Waals surface area contributed by atoms with Crippen LogP contribution in [-0.2, 0) is 0 Å². The standard InChI is InChI=1S/C17H24N2O2/c1-13(20)14-9-11-15(12-10-14)18-17(21)19(2)16-7-5-3-4-6-8-16/h9-12,16H,3-8H2,1-2H3,(H,18,21). The van der Waals surface area contributed by atoms with Crippen molar-refractivity contribution in [3.05, 3.63) is 29.8 Å². The highest BCUT2D eigenvalue weighted by atomic mass is 16.2. The summed E-state index contributed by atoms with van der Waals surface area (Å²) in [6.07, 6.45) is 7.14. The van der Waals surface area contributed by atoms with Crippen molar-refractivity contribution in [2.24, 2.45) is 0 Å². The average Bonchev–Trinajstić information content (AvgIpc) is 2.76. The van der Waals surface area contributed by atoms with Gasteiger partial charge >= 0.3 is 6.03 Å². The minimum absolute atomic E-state index is 0.0310. The van der Waals surface area contributed by atoms with E-state index in [-0.39, 0.29) is 11.8 Å². The van der Waals surface area contributed by atoms with Gasteiger partial charge < -0.3 is 10.2 Å². The molecule has 0 aromatic heterocycles. The molecular weight excluding hydrogens is 264 g/mol. The van der Waals surface area contributed by atoms with E-state index in [1.165, 1.54) is 32.6 Å². The van der Waals surface area contributed by atoms with Gasteiger partial charge in [-0.3, -0.25) is 4.79 Å². The van der Waals surface area contributed by atoms with E-state index >= 15 is 0 Å². The van der Waals surface area contributed by atoms with E-state index in [1.807, 2.05) is 11.9 Å². The topological polar surface area (TPSA) is 49.4 Å². The first kappa shape index (κ1) is 15.5. The summed E-state index contributed by atoms with van der Waals surface area (Å²) in [5.41, 5.74) is 1.38. The normalized spacial score (nSPS) is 16.1. The number of Topliss-reactive ketones (excluding diaryl/α,β-unsaturated/α-hetero) is 1. The molecule has 0 saturated heterocycles. The molecule has 2 rings (SSSR count). The lowest BCUT2D eigenvalue weighted by molar-refractivity contribution is 0.101. The molecule has 4 heteroatoms. The molecule has 2 amide bonds. The van der Waals surface area contributed by atoms with Gasteiger partial charge in [-0.1, -0.05) is 25.7 Å². The molecule has 1 fully saturated rings.